The van der Waals surface area contributed by atoms with Crippen LogP contribution in [0.15, 0.2) is 23.1 Å². The summed E-state index contributed by atoms with van der Waals surface area (Å²) in [6, 6.07) is 5.21. The van der Waals surface area contributed by atoms with Crippen LogP contribution in [0.1, 0.15) is 17.5 Å². The molecule has 0 aromatic heterocycles. The first kappa shape index (κ1) is 18.6. The van der Waals surface area contributed by atoms with Crippen LogP contribution in [0.5, 0.6) is 0 Å². The third-order valence-corrected chi connectivity index (χ3v) is 4.70. The monoisotopic (exact) mass is 327 g/mol. The number of carbonyl (C=O) groups is 1. The van der Waals surface area contributed by atoms with Gasteiger partial charge in [0, 0.05) is 6.54 Å². The van der Waals surface area contributed by atoms with Crippen molar-refractivity contribution in [2.75, 3.05) is 33.7 Å². The summed E-state index contributed by atoms with van der Waals surface area (Å²) in [6.07, 6.45) is 0.822. The van der Waals surface area contributed by atoms with Crippen LogP contribution in [0, 0.1) is 13.8 Å². The first-order valence-electron chi connectivity index (χ1n) is 7.21. The summed E-state index contributed by atoms with van der Waals surface area (Å²) in [5.74, 6) is -0.326. The Hall–Kier alpha value is -1.44. The fourth-order valence-electron chi connectivity index (χ4n) is 1.92. The van der Waals surface area contributed by atoms with Crippen LogP contribution in [0.4, 0.5) is 0 Å². The molecule has 0 aliphatic rings. The van der Waals surface area contributed by atoms with Gasteiger partial charge in [-0.25, -0.2) is 13.1 Å². The minimum atomic E-state index is -3.67. The number of nitrogens with zero attached hydrogens (tertiary/aromatic N) is 1. The maximum Gasteiger partial charge on any atom is 0.241 e. The second-order valence-electron chi connectivity index (χ2n) is 5.60. The molecule has 0 saturated carbocycles. The number of rotatable bonds is 8. The van der Waals surface area contributed by atoms with E-state index in [0.717, 1.165) is 18.5 Å². The van der Waals surface area contributed by atoms with Gasteiger partial charge in [0.15, 0.2) is 0 Å². The van der Waals surface area contributed by atoms with Gasteiger partial charge in [-0.1, -0.05) is 12.1 Å². The molecule has 0 spiro atoms. The van der Waals surface area contributed by atoms with Crippen molar-refractivity contribution in [3.05, 3.63) is 29.3 Å². The summed E-state index contributed by atoms with van der Waals surface area (Å²) in [7, 11) is 0.245. The summed E-state index contributed by atoms with van der Waals surface area (Å²) in [4.78, 5) is 13.9. The fraction of sp³-hybridized carbons (Fsp3) is 0.533. The lowest BCUT2D eigenvalue weighted by Gasteiger charge is -2.11. The molecular weight excluding hydrogens is 302 g/mol. The molecular formula is C15H25N3O3S. The van der Waals surface area contributed by atoms with E-state index < -0.39 is 10.0 Å². The number of carbonyl (C=O) groups excluding carboxylic acids is 1. The fourth-order valence-corrected chi connectivity index (χ4v) is 3.23. The second-order valence-corrected chi connectivity index (χ2v) is 7.34. The van der Waals surface area contributed by atoms with Gasteiger partial charge in [-0.2, -0.15) is 0 Å². The Morgan fingerprint density at radius 2 is 1.91 bits per heavy atom. The van der Waals surface area contributed by atoms with Gasteiger partial charge >= 0.3 is 0 Å². The highest BCUT2D eigenvalue weighted by Crippen LogP contribution is 2.16. The van der Waals surface area contributed by atoms with Crippen molar-refractivity contribution in [1.82, 2.24) is 14.9 Å². The highest BCUT2D eigenvalue weighted by Gasteiger charge is 2.17. The molecule has 1 rings (SSSR count). The molecule has 0 aliphatic carbocycles. The lowest BCUT2D eigenvalue weighted by Crippen LogP contribution is -2.38. The molecule has 0 aliphatic heterocycles. The van der Waals surface area contributed by atoms with E-state index in [9.17, 15) is 13.2 Å². The van der Waals surface area contributed by atoms with Crippen molar-refractivity contribution in [3.8, 4) is 0 Å². The average Bonchev–Trinajstić information content (AvgIpc) is 2.44. The Kier molecular flexibility index (Phi) is 6.99. The number of hydrogen-bond acceptors (Lipinski definition) is 4. The normalized spacial score (nSPS) is 11.7. The third-order valence-electron chi connectivity index (χ3n) is 3.16. The standard InChI is InChI=1S/C15H25N3O3S/c1-12-6-7-13(2)14(10-12)22(20,21)17-11-15(19)16-8-5-9-18(3)4/h6-7,10,17H,5,8-9,11H2,1-4H3,(H,16,19). The van der Waals surface area contributed by atoms with Crippen molar-refractivity contribution in [2.24, 2.45) is 0 Å². The van der Waals surface area contributed by atoms with Crippen molar-refractivity contribution >= 4 is 15.9 Å². The molecule has 0 radical (unpaired) electrons. The van der Waals surface area contributed by atoms with Crippen LogP contribution < -0.4 is 10.0 Å². The average molecular weight is 327 g/mol. The summed E-state index contributed by atoms with van der Waals surface area (Å²) < 4.78 is 26.8. The van der Waals surface area contributed by atoms with Crippen LogP contribution >= 0.6 is 0 Å². The van der Waals surface area contributed by atoms with Crippen molar-refractivity contribution in [1.29, 1.82) is 0 Å². The van der Waals surface area contributed by atoms with E-state index >= 15 is 0 Å². The van der Waals surface area contributed by atoms with E-state index in [1.807, 2.05) is 32.0 Å². The quantitative estimate of drug-likeness (QED) is 0.687. The summed E-state index contributed by atoms with van der Waals surface area (Å²) >= 11 is 0. The van der Waals surface area contributed by atoms with Crippen LogP contribution in [-0.2, 0) is 14.8 Å². The number of benzene rings is 1. The summed E-state index contributed by atoms with van der Waals surface area (Å²) in [5, 5.41) is 2.70. The first-order chi connectivity index (χ1) is 10.2. The molecule has 1 aromatic carbocycles. The second kappa shape index (κ2) is 8.26. The van der Waals surface area contributed by atoms with E-state index in [0.29, 0.717) is 12.1 Å². The lowest BCUT2D eigenvalue weighted by atomic mass is 10.2. The molecule has 124 valence electrons. The van der Waals surface area contributed by atoms with Crippen LogP contribution in [-0.4, -0.2) is 53.0 Å². The SMILES string of the molecule is Cc1ccc(C)c(S(=O)(=O)NCC(=O)NCCCN(C)C)c1. The van der Waals surface area contributed by atoms with Gasteiger partial charge in [-0.15, -0.1) is 0 Å². The largest absolute Gasteiger partial charge is 0.355 e. The molecule has 0 fully saturated rings. The minimum absolute atomic E-state index is 0.216. The Morgan fingerprint density at radius 3 is 2.55 bits per heavy atom. The topological polar surface area (TPSA) is 78.5 Å². The van der Waals surface area contributed by atoms with Gasteiger partial charge in [-0.05, 0) is 58.1 Å². The molecule has 0 heterocycles. The molecule has 2 N–H and O–H groups in total. The molecule has 1 amide bonds. The minimum Gasteiger partial charge on any atom is -0.355 e. The first-order valence-corrected chi connectivity index (χ1v) is 8.69. The summed E-state index contributed by atoms with van der Waals surface area (Å²) in [6.45, 7) is 4.71. The van der Waals surface area contributed by atoms with Crippen LogP contribution in [0.3, 0.4) is 0 Å². The Bertz CT molecular complexity index is 612. The van der Waals surface area contributed by atoms with Gasteiger partial charge < -0.3 is 10.2 Å². The number of amides is 1. The molecule has 0 unspecified atom stereocenters. The Morgan fingerprint density at radius 1 is 1.23 bits per heavy atom. The number of nitrogens with one attached hydrogen (secondary N) is 2. The number of sulfonamides is 1. The predicted octanol–water partition coefficient (Wildman–Crippen LogP) is 0.650. The van der Waals surface area contributed by atoms with Crippen molar-refractivity contribution < 1.29 is 13.2 Å². The zero-order valence-corrected chi connectivity index (χ0v) is 14.5. The highest BCUT2D eigenvalue weighted by atomic mass is 32.2. The number of hydrogen-bond donors (Lipinski definition) is 2. The van der Waals surface area contributed by atoms with Crippen molar-refractivity contribution in [2.45, 2.75) is 25.2 Å². The predicted molar refractivity (Wildman–Crippen MR) is 87.3 cm³/mol. The van der Waals surface area contributed by atoms with Gasteiger partial charge in [0.25, 0.3) is 0 Å². The van der Waals surface area contributed by atoms with E-state index in [2.05, 4.69) is 10.0 Å². The molecule has 0 bridgehead atoms. The number of aryl methyl sites for hydroxylation is 2. The Labute approximate surface area is 132 Å². The molecule has 22 heavy (non-hydrogen) atoms. The van der Waals surface area contributed by atoms with Gasteiger partial charge in [0.1, 0.15) is 0 Å². The van der Waals surface area contributed by atoms with E-state index in [1.165, 1.54) is 0 Å². The molecule has 0 saturated heterocycles. The van der Waals surface area contributed by atoms with E-state index in [-0.39, 0.29) is 17.3 Å². The smallest absolute Gasteiger partial charge is 0.241 e. The molecule has 7 heteroatoms. The molecule has 1 aromatic rings. The van der Waals surface area contributed by atoms with E-state index in [1.54, 1.807) is 19.1 Å². The van der Waals surface area contributed by atoms with Crippen LogP contribution in [0.2, 0.25) is 0 Å². The molecule has 0 atom stereocenters. The molecule has 6 nitrogen and oxygen atoms in total. The maximum atomic E-state index is 12.2. The van der Waals surface area contributed by atoms with Crippen molar-refractivity contribution in [3.63, 3.8) is 0 Å². The van der Waals surface area contributed by atoms with Crippen LogP contribution in [0.25, 0.3) is 0 Å². The maximum absolute atomic E-state index is 12.2. The van der Waals surface area contributed by atoms with Gasteiger partial charge in [-0.3, -0.25) is 4.79 Å². The zero-order valence-electron chi connectivity index (χ0n) is 13.6. The summed E-state index contributed by atoms with van der Waals surface area (Å²) in [5.41, 5.74) is 1.52. The highest BCUT2D eigenvalue weighted by molar-refractivity contribution is 7.89. The lowest BCUT2D eigenvalue weighted by molar-refractivity contribution is -0.119. The van der Waals surface area contributed by atoms with Gasteiger partial charge in [0.05, 0.1) is 11.4 Å². The van der Waals surface area contributed by atoms with E-state index in [4.69, 9.17) is 0 Å². The van der Waals surface area contributed by atoms with Gasteiger partial charge in [0.2, 0.25) is 15.9 Å². The Balaban J connectivity index is 2.52. The third kappa shape index (κ3) is 6.13. The zero-order chi connectivity index (χ0) is 16.8.